The van der Waals surface area contributed by atoms with Crippen LogP contribution in [0.3, 0.4) is 0 Å². The zero-order valence-electron chi connectivity index (χ0n) is 11.7. The van der Waals surface area contributed by atoms with Crippen molar-refractivity contribution in [3.8, 4) is 5.75 Å². The third-order valence-electron chi connectivity index (χ3n) is 4.46. The van der Waals surface area contributed by atoms with E-state index >= 15 is 0 Å². The van der Waals surface area contributed by atoms with Crippen molar-refractivity contribution < 1.29 is 4.74 Å². The normalized spacial score (nSPS) is 17.1. The van der Waals surface area contributed by atoms with E-state index in [0.717, 1.165) is 18.8 Å². The number of ether oxygens (including phenoxy) is 1. The molecule has 0 aromatic heterocycles. The number of benzene rings is 1. The molecule has 3 nitrogen and oxygen atoms in total. The Labute approximate surface area is 110 Å². The van der Waals surface area contributed by atoms with Crippen molar-refractivity contribution >= 4 is 5.69 Å². The molecule has 0 amide bonds. The van der Waals surface area contributed by atoms with Crippen molar-refractivity contribution in [1.82, 2.24) is 0 Å². The summed E-state index contributed by atoms with van der Waals surface area (Å²) in [6, 6.07) is 4.13. The number of nitrogens with two attached hydrogens (primary N) is 1. The Morgan fingerprint density at radius 2 is 2.00 bits per heavy atom. The van der Waals surface area contributed by atoms with Crippen LogP contribution in [0.2, 0.25) is 0 Å². The Bertz CT molecular complexity index is 419. The lowest BCUT2D eigenvalue weighted by Gasteiger charge is -2.41. The second-order valence-electron chi connectivity index (χ2n) is 5.48. The molecule has 0 atom stereocenters. The van der Waals surface area contributed by atoms with Crippen LogP contribution in [-0.4, -0.2) is 20.2 Å². The minimum absolute atomic E-state index is 0.334. The Morgan fingerprint density at radius 1 is 1.28 bits per heavy atom. The predicted octanol–water partition coefficient (Wildman–Crippen LogP) is 2.85. The lowest BCUT2D eigenvalue weighted by Crippen LogP contribution is -2.43. The molecular formula is C15H24N2O. The first-order valence-corrected chi connectivity index (χ1v) is 6.70. The number of rotatable bonds is 5. The van der Waals surface area contributed by atoms with Gasteiger partial charge in [-0.25, -0.2) is 0 Å². The van der Waals surface area contributed by atoms with Crippen LogP contribution in [0, 0.1) is 19.3 Å². The monoisotopic (exact) mass is 248 g/mol. The molecule has 1 aromatic carbocycles. The van der Waals surface area contributed by atoms with E-state index in [-0.39, 0.29) is 0 Å². The Kier molecular flexibility index (Phi) is 3.81. The van der Waals surface area contributed by atoms with Gasteiger partial charge in [0.1, 0.15) is 5.75 Å². The van der Waals surface area contributed by atoms with Crippen molar-refractivity contribution in [2.24, 2.45) is 11.1 Å². The molecule has 0 radical (unpaired) electrons. The highest BCUT2D eigenvalue weighted by Crippen LogP contribution is 2.40. The first-order valence-electron chi connectivity index (χ1n) is 6.70. The maximum absolute atomic E-state index is 5.89. The number of hydrogen-bond acceptors (Lipinski definition) is 3. The van der Waals surface area contributed by atoms with Crippen LogP contribution >= 0.6 is 0 Å². The van der Waals surface area contributed by atoms with E-state index in [2.05, 4.69) is 25.2 Å². The van der Waals surface area contributed by atoms with E-state index in [4.69, 9.17) is 10.5 Å². The second kappa shape index (κ2) is 5.19. The van der Waals surface area contributed by atoms with E-state index in [9.17, 15) is 0 Å². The number of methoxy groups -OCH3 is 1. The molecule has 1 aromatic rings. The quantitative estimate of drug-likeness (QED) is 0.842. The molecule has 100 valence electrons. The van der Waals surface area contributed by atoms with Crippen LogP contribution in [0.1, 0.15) is 30.4 Å². The van der Waals surface area contributed by atoms with Gasteiger partial charge < -0.3 is 15.8 Å². The molecule has 0 unspecified atom stereocenters. The van der Waals surface area contributed by atoms with Gasteiger partial charge >= 0.3 is 0 Å². The summed E-state index contributed by atoms with van der Waals surface area (Å²) in [6.45, 7) is 6.00. The highest BCUT2D eigenvalue weighted by molar-refractivity contribution is 5.58. The minimum atomic E-state index is 0.334. The molecule has 1 aliphatic rings. The first kappa shape index (κ1) is 13.2. The zero-order valence-corrected chi connectivity index (χ0v) is 11.7. The van der Waals surface area contributed by atoms with Crippen LogP contribution in [0.5, 0.6) is 5.75 Å². The van der Waals surface area contributed by atoms with Crippen molar-refractivity contribution in [3.63, 3.8) is 0 Å². The van der Waals surface area contributed by atoms with Crippen molar-refractivity contribution in [1.29, 1.82) is 0 Å². The van der Waals surface area contributed by atoms with Gasteiger partial charge in [0.15, 0.2) is 0 Å². The summed E-state index contributed by atoms with van der Waals surface area (Å²) in [4.78, 5) is 0. The van der Waals surface area contributed by atoms with E-state index in [1.807, 2.05) is 6.07 Å². The van der Waals surface area contributed by atoms with Gasteiger partial charge in [-0.15, -0.1) is 0 Å². The average Bonchev–Trinajstić information content (AvgIpc) is 2.33. The van der Waals surface area contributed by atoms with Gasteiger partial charge in [-0.1, -0.05) is 6.42 Å². The molecule has 0 saturated heterocycles. The highest BCUT2D eigenvalue weighted by atomic mass is 16.5. The van der Waals surface area contributed by atoms with E-state index < -0.39 is 0 Å². The van der Waals surface area contributed by atoms with Crippen LogP contribution in [0.4, 0.5) is 5.69 Å². The number of hydrogen-bond donors (Lipinski definition) is 2. The van der Waals surface area contributed by atoms with Crippen LogP contribution in [0.25, 0.3) is 0 Å². The fourth-order valence-electron chi connectivity index (χ4n) is 2.62. The molecule has 0 spiro atoms. The molecule has 0 heterocycles. The molecular weight excluding hydrogens is 224 g/mol. The molecule has 18 heavy (non-hydrogen) atoms. The molecule has 0 bridgehead atoms. The molecule has 2 rings (SSSR count). The molecule has 3 N–H and O–H groups in total. The fourth-order valence-corrected chi connectivity index (χ4v) is 2.62. The summed E-state index contributed by atoms with van der Waals surface area (Å²) >= 11 is 0. The van der Waals surface area contributed by atoms with E-state index in [1.54, 1.807) is 7.11 Å². The molecule has 1 fully saturated rings. The van der Waals surface area contributed by atoms with Gasteiger partial charge in [-0.05, 0) is 61.9 Å². The summed E-state index contributed by atoms with van der Waals surface area (Å²) < 4.78 is 5.33. The topological polar surface area (TPSA) is 47.3 Å². The van der Waals surface area contributed by atoms with Crippen LogP contribution in [0.15, 0.2) is 12.1 Å². The van der Waals surface area contributed by atoms with Gasteiger partial charge in [0, 0.05) is 12.2 Å². The van der Waals surface area contributed by atoms with Crippen LogP contribution in [-0.2, 0) is 0 Å². The summed E-state index contributed by atoms with van der Waals surface area (Å²) in [5.74, 6) is 0.954. The van der Waals surface area contributed by atoms with Gasteiger partial charge in [0.2, 0.25) is 0 Å². The lowest BCUT2D eigenvalue weighted by atomic mass is 9.69. The van der Waals surface area contributed by atoms with Gasteiger partial charge in [0.25, 0.3) is 0 Å². The van der Waals surface area contributed by atoms with E-state index in [1.165, 1.54) is 36.1 Å². The third kappa shape index (κ3) is 2.32. The molecule has 3 heteroatoms. The predicted molar refractivity (Wildman–Crippen MR) is 76.3 cm³/mol. The van der Waals surface area contributed by atoms with Gasteiger partial charge in [-0.3, -0.25) is 0 Å². The standard InChI is InChI=1S/C15H24N2O/c1-11-12(2)14(18-3)6-5-13(11)17-10-15(9-16)7-4-8-15/h5-6,17H,4,7-10,16H2,1-3H3. The largest absolute Gasteiger partial charge is 0.496 e. The summed E-state index contributed by atoms with van der Waals surface area (Å²) in [5, 5.41) is 3.56. The maximum Gasteiger partial charge on any atom is 0.122 e. The number of anilines is 1. The maximum atomic E-state index is 5.89. The smallest absolute Gasteiger partial charge is 0.122 e. The van der Waals surface area contributed by atoms with Crippen molar-refractivity contribution in [2.45, 2.75) is 33.1 Å². The third-order valence-corrected chi connectivity index (χ3v) is 4.46. The zero-order chi connectivity index (χ0) is 13.2. The molecule has 1 aliphatic carbocycles. The number of nitrogens with one attached hydrogen (secondary N) is 1. The highest BCUT2D eigenvalue weighted by Gasteiger charge is 2.35. The fraction of sp³-hybridized carbons (Fsp3) is 0.600. The van der Waals surface area contributed by atoms with Crippen LogP contribution < -0.4 is 15.8 Å². The SMILES string of the molecule is COc1ccc(NCC2(CN)CCC2)c(C)c1C. The first-order chi connectivity index (χ1) is 8.62. The summed E-state index contributed by atoms with van der Waals surface area (Å²) in [5.41, 5.74) is 9.89. The van der Waals surface area contributed by atoms with Gasteiger partial charge in [0.05, 0.1) is 7.11 Å². The molecule has 0 aliphatic heterocycles. The Morgan fingerprint density at radius 3 is 2.50 bits per heavy atom. The molecule has 1 saturated carbocycles. The van der Waals surface area contributed by atoms with E-state index in [0.29, 0.717) is 5.41 Å². The van der Waals surface area contributed by atoms with Crippen molar-refractivity contribution in [2.75, 3.05) is 25.5 Å². The second-order valence-corrected chi connectivity index (χ2v) is 5.48. The summed E-state index contributed by atoms with van der Waals surface area (Å²) in [7, 11) is 1.71. The Balaban J connectivity index is 2.08. The average molecular weight is 248 g/mol. The minimum Gasteiger partial charge on any atom is -0.496 e. The van der Waals surface area contributed by atoms with Crippen molar-refractivity contribution in [3.05, 3.63) is 23.3 Å². The lowest BCUT2D eigenvalue weighted by molar-refractivity contribution is 0.163. The Hall–Kier alpha value is -1.22. The summed E-state index contributed by atoms with van der Waals surface area (Å²) in [6.07, 6.45) is 3.83. The van der Waals surface area contributed by atoms with Gasteiger partial charge in [-0.2, -0.15) is 0 Å².